The van der Waals surface area contributed by atoms with Gasteiger partial charge in [-0.2, -0.15) is 0 Å². The zero-order valence-corrected chi connectivity index (χ0v) is 16.1. The molecular formula is C21H21BrO4. The van der Waals surface area contributed by atoms with Crippen LogP contribution in [0.5, 0.6) is 0 Å². The normalized spacial score (nSPS) is 10.9. The number of aliphatic hydroxyl groups excluding tert-OH is 2. The highest BCUT2D eigenvalue weighted by molar-refractivity contribution is 9.10. The number of rotatable bonds is 4. The lowest BCUT2D eigenvalue weighted by Gasteiger charge is -1.89. The van der Waals surface area contributed by atoms with Crippen molar-refractivity contribution < 1.29 is 19.0 Å². The first kappa shape index (κ1) is 18.7. The SMILES string of the molecule is Cc1ccc2oc(CCO)cc2c1.OCCc1cc2cc(Br)ccc2o1. The van der Waals surface area contributed by atoms with Gasteiger partial charge < -0.3 is 19.0 Å². The zero-order valence-electron chi connectivity index (χ0n) is 14.5. The van der Waals surface area contributed by atoms with E-state index in [9.17, 15) is 0 Å². The van der Waals surface area contributed by atoms with E-state index in [2.05, 4.69) is 28.9 Å². The van der Waals surface area contributed by atoms with Crippen LogP contribution < -0.4 is 0 Å². The van der Waals surface area contributed by atoms with Crippen molar-refractivity contribution in [3.63, 3.8) is 0 Å². The molecule has 2 N–H and O–H groups in total. The maximum atomic E-state index is 8.74. The van der Waals surface area contributed by atoms with Crippen LogP contribution in [-0.4, -0.2) is 23.4 Å². The van der Waals surface area contributed by atoms with Crippen molar-refractivity contribution in [2.24, 2.45) is 0 Å². The van der Waals surface area contributed by atoms with Crippen LogP contribution in [0, 0.1) is 6.92 Å². The Kier molecular flexibility index (Phi) is 6.14. The Morgan fingerprint density at radius 1 is 0.769 bits per heavy atom. The van der Waals surface area contributed by atoms with Crippen molar-refractivity contribution in [3.8, 4) is 0 Å². The van der Waals surface area contributed by atoms with Gasteiger partial charge in [0.1, 0.15) is 22.7 Å². The van der Waals surface area contributed by atoms with Crippen LogP contribution in [0.1, 0.15) is 17.1 Å². The third-order valence-electron chi connectivity index (χ3n) is 3.97. The standard InChI is InChI=1S/C11H12O2.C10H9BrO2/c1-8-2-3-11-9(6-8)7-10(13-11)4-5-12;11-8-1-2-10-7(5-8)6-9(13-10)3-4-12/h2-3,6-7,12H,4-5H2,1H3;1-2,5-6,12H,3-4H2. The number of halogens is 1. The van der Waals surface area contributed by atoms with Crippen molar-refractivity contribution >= 4 is 37.9 Å². The summed E-state index contributed by atoms with van der Waals surface area (Å²) in [4.78, 5) is 0. The third-order valence-corrected chi connectivity index (χ3v) is 4.46. The van der Waals surface area contributed by atoms with Crippen LogP contribution in [0.4, 0.5) is 0 Å². The van der Waals surface area contributed by atoms with Crippen molar-refractivity contribution in [3.05, 3.63) is 70.1 Å². The van der Waals surface area contributed by atoms with Crippen molar-refractivity contribution in [2.45, 2.75) is 19.8 Å². The van der Waals surface area contributed by atoms with Crippen molar-refractivity contribution in [1.29, 1.82) is 0 Å². The van der Waals surface area contributed by atoms with Crippen LogP contribution in [0.3, 0.4) is 0 Å². The zero-order chi connectivity index (χ0) is 18.5. The van der Waals surface area contributed by atoms with E-state index in [0.29, 0.717) is 12.8 Å². The minimum atomic E-state index is 0.126. The van der Waals surface area contributed by atoms with Gasteiger partial charge in [-0.25, -0.2) is 0 Å². The first-order valence-electron chi connectivity index (χ1n) is 8.48. The fraction of sp³-hybridized carbons (Fsp3) is 0.238. The van der Waals surface area contributed by atoms with Crippen LogP contribution in [-0.2, 0) is 12.8 Å². The monoisotopic (exact) mass is 416 g/mol. The maximum absolute atomic E-state index is 8.74. The molecule has 2 aromatic carbocycles. The van der Waals surface area contributed by atoms with Gasteiger partial charge in [0.25, 0.3) is 0 Å². The van der Waals surface area contributed by atoms with Gasteiger partial charge in [0.15, 0.2) is 0 Å². The number of furan rings is 2. The summed E-state index contributed by atoms with van der Waals surface area (Å²) in [5.74, 6) is 1.68. The molecular weight excluding hydrogens is 396 g/mol. The second-order valence-electron chi connectivity index (χ2n) is 6.10. The molecule has 0 aliphatic carbocycles. The Bertz CT molecular complexity index is 918. The summed E-state index contributed by atoms with van der Waals surface area (Å²) < 4.78 is 12.0. The highest BCUT2D eigenvalue weighted by atomic mass is 79.9. The molecule has 0 radical (unpaired) electrons. The fourth-order valence-electron chi connectivity index (χ4n) is 2.75. The van der Waals surface area contributed by atoms with E-state index in [1.54, 1.807) is 0 Å². The van der Waals surface area contributed by atoms with E-state index in [1.165, 1.54) is 5.56 Å². The highest BCUT2D eigenvalue weighted by Crippen LogP contribution is 2.23. The summed E-state index contributed by atoms with van der Waals surface area (Å²) in [5.41, 5.74) is 2.99. The summed E-state index contributed by atoms with van der Waals surface area (Å²) >= 11 is 3.39. The second kappa shape index (κ2) is 8.54. The Morgan fingerprint density at radius 3 is 1.88 bits per heavy atom. The van der Waals surface area contributed by atoms with E-state index in [4.69, 9.17) is 19.0 Å². The molecule has 0 aliphatic rings. The van der Waals surface area contributed by atoms with E-state index in [-0.39, 0.29) is 13.2 Å². The van der Waals surface area contributed by atoms with Crippen LogP contribution in [0.15, 0.2) is 61.8 Å². The van der Waals surface area contributed by atoms with Gasteiger partial charge in [0.2, 0.25) is 0 Å². The summed E-state index contributed by atoms with van der Waals surface area (Å²) in [6, 6.07) is 15.9. The topological polar surface area (TPSA) is 66.7 Å². The summed E-state index contributed by atoms with van der Waals surface area (Å²) in [6.45, 7) is 2.32. The summed E-state index contributed by atoms with van der Waals surface area (Å²) in [5, 5.41) is 19.7. The Hall–Kier alpha value is -2.08. The molecule has 2 heterocycles. The number of benzene rings is 2. The van der Waals surface area contributed by atoms with Crippen molar-refractivity contribution in [2.75, 3.05) is 13.2 Å². The lowest BCUT2D eigenvalue weighted by Crippen LogP contribution is -1.85. The van der Waals surface area contributed by atoms with Crippen LogP contribution in [0.2, 0.25) is 0 Å². The maximum Gasteiger partial charge on any atom is 0.134 e. The first-order chi connectivity index (χ1) is 12.6. The predicted octanol–water partition coefficient (Wildman–Crippen LogP) is 5.01. The third kappa shape index (κ3) is 4.55. The quantitative estimate of drug-likeness (QED) is 0.490. The Balaban J connectivity index is 0.000000151. The summed E-state index contributed by atoms with van der Waals surface area (Å²) in [7, 11) is 0. The van der Waals surface area contributed by atoms with E-state index in [0.717, 1.165) is 37.9 Å². The molecule has 2 aromatic heterocycles. The Morgan fingerprint density at radius 2 is 1.31 bits per heavy atom. The molecule has 0 bridgehead atoms. The van der Waals surface area contributed by atoms with Gasteiger partial charge in [-0.3, -0.25) is 0 Å². The molecule has 0 spiro atoms. The van der Waals surface area contributed by atoms with Gasteiger partial charge in [-0.15, -0.1) is 0 Å². The molecule has 136 valence electrons. The fourth-order valence-corrected chi connectivity index (χ4v) is 3.13. The van der Waals surface area contributed by atoms with Gasteiger partial charge in [0.05, 0.1) is 13.2 Å². The van der Waals surface area contributed by atoms with Gasteiger partial charge >= 0.3 is 0 Å². The van der Waals surface area contributed by atoms with Crippen LogP contribution >= 0.6 is 15.9 Å². The summed E-state index contributed by atoms with van der Waals surface area (Å²) in [6.07, 6.45) is 1.17. The van der Waals surface area contributed by atoms with Gasteiger partial charge in [-0.05, 0) is 49.4 Å². The number of hydrogen-bond acceptors (Lipinski definition) is 4. The molecule has 0 aliphatic heterocycles. The van der Waals surface area contributed by atoms with Crippen molar-refractivity contribution in [1.82, 2.24) is 0 Å². The van der Waals surface area contributed by atoms with E-state index in [1.807, 2.05) is 42.5 Å². The average Bonchev–Trinajstić information content (AvgIpc) is 3.18. The molecule has 0 atom stereocenters. The molecule has 0 amide bonds. The highest BCUT2D eigenvalue weighted by Gasteiger charge is 2.03. The Labute approximate surface area is 160 Å². The number of aliphatic hydroxyl groups is 2. The molecule has 4 aromatic rings. The largest absolute Gasteiger partial charge is 0.461 e. The predicted molar refractivity (Wildman–Crippen MR) is 106 cm³/mol. The molecule has 5 heteroatoms. The molecule has 26 heavy (non-hydrogen) atoms. The minimum absolute atomic E-state index is 0.126. The minimum Gasteiger partial charge on any atom is -0.461 e. The molecule has 4 rings (SSSR count). The van der Waals surface area contributed by atoms with Gasteiger partial charge in [0, 0.05) is 28.1 Å². The second-order valence-corrected chi connectivity index (χ2v) is 7.01. The van der Waals surface area contributed by atoms with E-state index >= 15 is 0 Å². The van der Waals surface area contributed by atoms with E-state index < -0.39 is 0 Å². The molecule has 0 fully saturated rings. The van der Waals surface area contributed by atoms with Crippen LogP contribution in [0.25, 0.3) is 21.9 Å². The molecule has 4 nitrogen and oxygen atoms in total. The number of aryl methyl sites for hydroxylation is 1. The smallest absolute Gasteiger partial charge is 0.134 e. The first-order valence-corrected chi connectivity index (χ1v) is 9.27. The lowest BCUT2D eigenvalue weighted by molar-refractivity contribution is 0.289. The lowest BCUT2D eigenvalue weighted by atomic mass is 10.2. The average molecular weight is 417 g/mol. The number of hydrogen-bond donors (Lipinski definition) is 2. The number of fused-ring (bicyclic) bond motifs is 2. The molecule has 0 saturated heterocycles. The molecule has 0 saturated carbocycles. The van der Waals surface area contributed by atoms with Gasteiger partial charge in [-0.1, -0.05) is 27.6 Å². The molecule has 0 unspecified atom stereocenters.